The summed E-state index contributed by atoms with van der Waals surface area (Å²) < 4.78 is 0. The standard InChI is InChI=1S/C16H27N3O/c1-3-4-5-6-7-10-13-19(2)15-12-9-8-11-14(15)16(17)18-20/h8-9,11-12,20H,3-7,10,13H2,1-2H3,(H2,17,18). The van der Waals surface area contributed by atoms with Crippen LogP contribution < -0.4 is 10.6 Å². The van der Waals surface area contributed by atoms with Crippen molar-refractivity contribution in [1.82, 2.24) is 0 Å². The van der Waals surface area contributed by atoms with Crippen LogP contribution in [0.2, 0.25) is 0 Å². The van der Waals surface area contributed by atoms with Gasteiger partial charge in [0, 0.05) is 24.8 Å². The predicted molar refractivity (Wildman–Crippen MR) is 85.6 cm³/mol. The largest absolute Gasteiger partial charge is 0.409 e. The van der Waals surface area contributed by atoms with Gasteiger partial charge in [0.2, 0.25) is 0 Å². The van der Waals surface area contributed by atoms with Crippen LogP contribution in [0, 0.1) is 0 Å². The Kier molecular flexibility index (Phi) is 7.55. The van der Waals surface area contributed by atoms with Crippen molar-refractivity contribution in [2.75, 3.05) is 18.5 Å². The number of para-hydroxylation sites is 1. The molecule has 0 unspecified atom stereocenters. The van der Waals surface area contributed by atoms with E-state index in [1.807, 2.05) is 24.3 Å². The van der Waals surface area contributed by atoms with E-state index in [1.165, 1.54) is 38.5 Å². The molecule has 0 atom stereocenters. The fourth-order valence-electron chi connectivity index (χ4n) is 2.33. The van der Waals surface area contributed by atoms with Gasteiger partial charge in [0.05, 0.1) is 0 Å². The van der Waals surface area contributed by atoms with Crippen molar-refractivity contribution < 1.29 is 5.21 Å². The van der Waals surface area contributed by atoms with Crippen molar-refractivity contribution in [1.29, 1.82) is 0 Å². The molecule has 0 fully saturated rings. The molecule has 4 nitrogen and oxygen atoms in total. The lowest BCUT2D eigenvalue weighted by Crippen LogP contribution is -2.23. The van der Waals surface area contributed by atoms with E-state index in [0.29, 0.717) is 0 Å². The summed E-state index contributed by atoms with van der Waals surface area (Å²) in [5.74, 6) is 0.162. The van der Waals surface area contributed by atoms with E-state index in [9.17, 15) is 0 Å². The molecule has 0 aliphatic heterocycles. The first-order valence-electron chi connectivity index (χ1n) is 7.48. The van der Waals surface area contributed by atoms with Gasteiger partial charge in [-0.25, -0.2) is 0 Å². The van der Waals surface area contributed by atoms with Gasteiger partial charge in [-0.2, -0.15) is 0 Å². The Balaban J connectivity index is 2.49. The number of benzene rings is 1. The van der Waals surface area contributed by atoms with E-state index in [4.69, 9.17) is 10.9 Å². The number of hydrogen-bond acceptors (Lipinski definition) is 3. The fraction of sp³-hybridized carbons (Fsp3) is 0.562. The highest BCUT2D eigenvalue weighted by Crippen LogP contribution is 2.19. The second-order valence-corrected chi connectivity index (χ2v) is 5.19. The SMILES string of the molecule is CCCCCCCCN(C)c1ccccc1/C(N)=N/O. The molecule has 0 bridgehead atoms. The summed E-state index contributed by atoms with van der Waals surface area (Å²) in [7, 11) is 2.05. The van der Waals surface area contributed by atoms with Crippen LogP contribution >= 0.6 is 0 Å². The molecule has 1 rings (SSSR count). The minimum atomic E-state index is 0.162. The Morgan fingerprint density at radius 3 is 2.50 bits per heavy atom. The van der Waals surface area contributed by atoms with Crippen LogP contribution in [0.15, 0.2) is 29.4 Å². The maximum absolute atomic E-state index is 8.84. The summed E-state index contributed by atoms with van der Waals surface area (Å²) in [6, 6.07) is 7.75. The van der Waals surface area contributed by atoms with E-state index in [2.05, 4.69) is 24.0 Å². The maximum Gasteiger partial charge on any atom is 0.172 e. The molecule has 0 saturated carbocycles. The monoisotopic (exact) mass is 277 g/mol. The predicted octanol–water partition coefficient (Wildman–Crippen LogP) is 3.58. The number of rotatable bonds is 9. The van der Waals surface area contributed by atoms with Crippen molar-refractivity contribution in [2.45, 2.75) is 45.4 Å². The zero-order chi connectivity index (χ0) is 14.8. The van der Waals surface area contributed by atoms with Crippen LogP contribution in [-0.4, -0.2) is 24.6 Å². The molecule has 0 aliphatic rings. The molecule has 20 heavy (non-hydrogen) atoms. The van der Waals surface area contributed by atoms with Crippen LogP contribution in [0.4, 0.5) is 5.69 Å². The number of oxime groups is 1. The first-order chi connectivity index (χ1) is 9.70. The van der Waals surface area contributed by atoms with E-state index >= 15 is 0 Å². The first-order valence-corrected chi connectivity index (χ1v) is 7.48. The second-order valence-electron chi connectivity index (χ2n) is 5.19. The molecule has 0 saturated heterocycles. The van der Waals surface area contributed by atoms with Crippen LogP contribution in [0.5, 0.6) is 0 Å². The summed E-state index contributed by atoms with van der Waals surface area (Å²) in [5, 5.41) is 11.9. The lowest BCUT2D eigenvalue weighted by Gasteiger charge is -2.22. The molecule has 1 aromatic carbocycles. The lowest BCUT2D eigenvalue weighted by molar-refractivity contribution is 0.318. The molecule has 0 aliphatic carbocycles. The Bertz CT molecular complexity index is 418. The molecule has 0 heterocycles. The molecule has 0 spiro atoms. The van der Waals surface area contributed by atoms with Gasteiger partial charge in [-0.05, 0) is 18.6 Å². The van der Waals surface area contributed by atoms with Crippen molar-refractivity contribution in [2.24, 2.45) is 10.9 Å². The number of unbranched alkanes of at least 4 members (excludes halogenated alkanes) is 5. The minimum absolute atomic E-state index is 0.162. The normalized spacial score (nSPS) is 11.6. The molecule has 3 N–H and O–H groups in total. The molecule has 112 valence electrons. The fourth-order valence-corrected chi connectivity index (χ4v) is 2.33. The Hall–Kier alpha value is -1.71. The summed E-state index contributed by atoms with van der Waals surface area (Å²) in [4.78, 5) is 2.17. The van der Waals surface area contributed by atoms with E-state index in [-0.39, 0.29) is 5.84 Å². The molecular formula is C16H27N3O. The molecule has 0 aromatic heterocycles. The third-order valence-electron chi connectivity index (χ3n) is 3.55. The number of amidine groups is 1. The highest BCUT2D eigenvalue weighted by Gasteiger charge is 2.09. The number of nitrogens with two attached hydrogens (primary N) is 1. The van der Waals surface area contributed by atoms with E-state index < -0.39 is 0 Å². The Morgan fingerprint density at radius 2 is 1.80 bits per heavy atom. The lowest BCUT2D eigenvalue weighted by atomic mass is 10.1. The number of nitrogens with zero attached hydrogens (tertiary/aromatic N) is 2. The first kappa shape index (κ1) is 16.3. The summed E-state index contributed by atoms with van der Waals surface area (Å²) in [6.07, 6.45) is 7.69. The van der Waals surface area contributed by atoms with Gasteiger partial charge >= 0.3 is 0 Å². The van der Waals surface area contributed by atoms with Gasteiger partial charge in [0.15, 0.2) is 5.84 Å². The topological polar surface area (TPSA) is 61.8 Å². The molecule has 0 radical (unpaired) electrons. The minimum Gasteiger partial charge on any atom is -0.409 e. The zero-order valence-corrected chi connectivity index (χ0v) is 12.7. The maximum atomic E-state index is 8.84. The number of anilines is 1. The summed E-state index contributed by atoms with van der Waals surface area (Å²) in [5.41, 5.74) is 7.51. The number of hydrogen-bond donors (Lipinski definition) is 2. The average Bonchev–Trinajstić information content (AvgIpc) is 2.49. The van der Waals surface area contributed by atoms with Crippen LogP contribution in [0.1, 0.15) is 51.0 Å². The van der Waals surface area contributed by atoms with Crippen molar-refractivity contribution in [3.63, 3.8) is 0 Å². The van der Waals surface area contributed by atoms with Gasteiger partial charge in [0.25, 0.3) is 0 Å². The van der Waals surface area contributed by atoms with Crippen molar-refractivity contribution >= 4 is 11.5 Å². The van der Waals surface area contributed by atoms with Gasteiger partial charge in [-0.15, -0.1) is 0 Å². The van der Waals surface area contributed by atoms with E-state index in [0.717, 1.165) is 17.8 Å². The van der Waals surface area contributed by atoms with Crippen LogP contribution in [-0.2, 0) is 0 Å². The highest BCUT2D eigenvalue weighted by molar-refractivity contribution is 6.02. The van der Waals surface area contributed by atoms with Gasteiger partial charge in [0.1, 0.15) is 0 Å². The molecular weight excluding hydrogens is 250 g/mol. The molecule has 1 aromatic rings. The smallest absolute Gasteiger partial charge is 0.172 e. The second kappa shape index (κ2) is 9.23. The Labute approximate surface area is 122 Å². The van der Waals surface area contributed by atoms with Crippen LogP contribution in [0.25, 0.3) is 0 Å². The molecule has 0 amide bonds. The van der Waals surface area contributed by atoms with E-state index in [1.54, 1.807) is 0 Å². The quantitative estimate of drug-likeness (QED) is 0.238. The van der Waals surface area contributed by atoms with Crippen molar-refractivity contribution in [3.8, 4) is 0 Å². The summed E-state index contributed by atoms with van der Waals surface area (Å²) >= 11 is 0. The van der Waals surface area contributed by atoms with Gasteiger partial charge < -0.3 is 15.8 Å². The van der Waals surface area contributed by atoms with Crippen molar-refractivity contribution in [3.05, 3.63) is 29.8 Å². The third-order valence-corrected chi connectivity index (χ3v) is 3.55. The van der Waals surface area contributed by atoms with Gasteiger partial charge in [-0.1, -0.05) is 56.3 Å². The average molecular weight is 277 g/mol. The Morgan fingerprint density at radius 1 is 1.15 bits per heavy atom. The highest BCUT2D eigenvalue weighted by atomic mass is 16.4. The summed E-state index contributed by atoms with van der Waals surface area (Å²) in [6.45, 7) is 3.22. The zero-order valence-electron chi connectivity index (χ0n) is 12.7. The molecule has 4 heteroatoms. The van der Waals surface area contributed by atoms with Gasteiger partial charge in [-0.3, -0.25) is 0 Å². The van der Waals surface area contributed by atoms with Crippen LogP contribution in [0.3, 0.4) is 0 Å². The third kappa shape index (κ3) is 5.11.